The Morgan fingerprint density at radius 1 is 1.06 bits per heavy atom. The van der Waals surface area contributed by atoms with Gasteiger partial charge in [-0.05, 0) is 36.4 Å². The SMILES string of the molecule is O=C(Oc1ccc2c(c1)OC(=Cc1c[nH]c3ccccc13)C2=O)c1ccc([N+](=O)[O-])cc1. The Hall–Kier alpha value is -4.72. The third-order valence-corrected chi connectivity index (χ3v) is 5.07. The number of para-hydroxylation sites is 1. The van der Waals surface area contributed by atoms with E-state index in [4.69, 9.17) is 9.47 Å². The summed E-state index contributed by atoms with van der Waals surface area (Å²) in [5.74, 6) is -0.302. The highest BCUT2D eigenvalue weighted by atomic mass is 16.6. The monoisotopic (exact) mass is 426 g/mol. The fourth-order valence-corrected chi connectivity index (χ4v) is 3.47. The number of hydrogen-bond donors (Lipinski definition) is 1. The van der Waals surface area contributed by atoms with Gasteiger partial charge in [0.1, 0.15) is 11.5 Å². The Morgan fingerprint density at radius 3 is 2.62 bits per heavy atom. The molecule has 4 aromatic rings. The Kier molecular flexibility index (Phi) is 4.52. The molecule has 156 valence electrons. The first kappa shape index (κ1) is 19.3. The van der Waals surface area contributed by atoms with Gasteiger partial charge < -0.3 is 14.5 Å². The number of non-ortho nitro benzene ring substituents is 1. The third kappa shape index (κ3) is 3.39. The van der Waals surface area contributed by atoms with Crippen LogP contribution in [0.25, 0.3) is 17.0 Å². The summed E-state index contributed by atoms with van der Waals surface area (Å²) in [6.07, 6.45) is 3.47. The standard InChI is InChI=1S/C24H14N2O6/c27-23-19-10-9-17(31-24(28)14-5-7-16(8-6-14)26(29)30)12-21(19)32-22(23)11-15-13-25-20-4-2-1-3-18(15)20/h1-13,25H. The highest BCUT2D eigenvalue weighted by Crippen LogP contribution is 2.35. The number of hydrogen-bond acceptors (Lipinski definition) is 6. The number of aromatic amines is 1. The molecule has 0 aliphatic carbocycles. The number of carbonyl (C=O) groups is 2. The molecule has 0 amide bonds. The fraction of sp³-hybridized carbons (Fsp3) is 0. The first-order valence-corrected chi connectivity index (χ1v) is 9.60. The van der Waals surface area contributed by atoms with E-state index in [1.165, 1.54) is 42.5 Å². The predicted molar refractivity (Wildman–Crippen MR) is 116 cm³/mol. The molecule has 1 aromatic heterocycles. The lowest BCUT2D eigenvalue weighted by molar-refractivity contribution is -0.384. The lowest BCUT2D eigenvalue weighted by Crippen LogP contribution is -2.08. The Labute approximate surface area is 180 Å². The number of Topliss-reactive ketones (excluding diaryl/α,β-unsaturated/α-hetero) is 1. The van der Waals surface area contributed by atoms with Crippen molar-refractivity contribution in [1.29, 1.82) is 0 Å². The van der Waals surface area contributed by atoms with Crippen molar-refractivity contribution in [3.05, 3.63) is 105 Å². The molecule has 0 bridgehead atoms. The molecule has 3 aromatic carbocycles. The van der Waals surface area contributed by atoms with E-state index < -0.39 is 10.9 Å². The smallest absolute Gasteiger partial charge is 0.343 e. The number of nitrogens with one attached hydrogen (secondary N) is 1. The van der Waals surface area contributed by atoms with E-state index in [1.807, 2.05) is 24.3 Å². The highest BCUT2D eigenvalue weighted by molar-refractivity contribution is 6.15. The summed E-state index contributed by atoms with van der Waals surface area (Å²) >= 11 is 0. The van der Waals surface area contributed by atoms with Gasteiger partial charge in [-0.3, -0.25) is 14.9 Å². The van der Waals surface area contributed by atoms with E-state index in [0.717, 1.165) is 16.5 Å². The minimum atomic E-state index is -0.682. The zero-order valence-electron chi connectivity index (χ0n) is 16.4. The number of fused-ring (bicyclic) bond motifs is 2. The fourth-order valence-electron chi connectivity index (χ4n) is 3.47. The molecule has 0 saturated heterocycles. The zero-order chi connectivity index (χ0) is 22.2. The van der Waals surface area contributed by atoms with Crippen LogP contribution in [0, 0.1) is 10.1 Å². The van der Waals surface area contributed by atoms with Crippen molar-refractivity contribution in [3.8, 4) is 11.5 Å². The number of H-pyrrole nitrogens is 1. The highest BCUT2D eigenvalue weighted by Gasteiger charge is 2.28. The number of ether oxygens (including phenoxy) is 2. The van der Waals surface area contributed by atoms with Crippen LogP contribution in [0.3, 0.4) is 0 Å². The number of nitrogens with zero attached hydrogens (tertiary/aromatic N) is 1. The minimum Gasteiger partial charge on any atom is -0.452 e. The van der Waals surface area contributed by atoms with Crippen molar-refractivity contribution in [2.45, 2.75) is 0 Å². The summed E-state index contributed by atoms with van der Waals surface area (Å²) < 4.78 is 11.1. The summed E-state index contributed by atoms with van der Waals surface area (Å²) in [7, 11) is 0. The topological polar surface area (TPSA) is 112 Å². The molecule has 1 aliphatic rings. The number of esters is 1. The second-order valence-corrected chi connectivity index (χ2v) is 7.08. The van der Waals surface area contributed by atoms with Crippen LogP contribution in [0.2, 0.25) is 0 Å². The molecule has 0 fully saturated rings. The number of benzene rings is 3. The molecule has 1 N–H and O–H groups in total. The first-order valence-electron chi connectivity index (χ1n) is 9.60. The summed E-state index contributed by atoms with van der Waals surface area (Å²) in [4.78, 5) is 38.4. The van der Waals surface area contributed by atoms with Crippen molar-refractivity contribution in [2.24, 2.45) is 0 Å². The summed E-state index contributed by atoms with van der Waals surface area (Å²) in [5.41, 5.74) is 2.17. The molecule has 8 nitrogen and oxygen atoms in total. The van der Waals surface area contributed by atoms with Crippen LogP contribution in [-0.2, 0) is 0 Å². The normalized spacial score (nSPS) is 13.8. The van der Waals surface area contributed by atoms with Gasteiger partial charge in [0.2, 0.25) is 5.78 Å². The molecule has 1 aliphatic heterocycles. The molecule has 0 saturated carbocycles. The number of allylic oxidation sites excluding steroid dienone is 1. The molecular formula is C24H14N2O6. The third-order valence-electron chi connectivity index (χ3n) is 5.07. The number of nitro groups is 1. The molecule has 0 radical (unpaired) electrons. The average Bonchev–Trinajstić information content (AvgIpc) is 3.35. The van der Waals surface area contributed by atoms with Crippen LogP contribution in [0.5, 0.6) is 11.5 Å². The number of nitro benzene ring substituents is 1. The lowest BCUT2D eigenvalue weighted by atomic mass is 10.1. The molecule has 32 heavy (non-hydrogen) atoms. The van der Waals surface area contributed by atoms with Crippen molar-refractivity contribution in [3.63, 3.8) is 0 Å². The summed E-state index contributed by atoms with van der Waals surface area (Å²) in [5, 5.41) is 11.7. The number of aromatic nitrogens is 1. The lowest BCUT2D eigenvalue weighted by Gasteiger charge is -2.05. The van der Waals surface area contributed by atoms with Crippen molar-refractivity contribution in [2.75, 3.05) is 0 Å². The van der Waals surface area contributed by atoms with E-state index in [0.29, 0.717) is 5.56 Å². The average molecular weight is 426 g/mol. The van der Waals surface area contributed by atoms with Crippen LogP contribution < -0.4 is 9.47 Å². The van der Waals surface area contributed by atoms with Gasteiger partial charge in [-0.2, -0.15) is 0 Å². The Bertz CT molecular complexity index is 1430. The van der Waals surface area contributed by atoms with Crippen LogP contribution >= 0.6 is 0 Å². The largest absolute Gasteiger partial charge is 0.452 e. The van der Waals surface area contributed by atoms with E-state index in [-0.39, 0.29) is 34.3 Å². The molecule has 2 heterocycles. The second kappa shape index (κ2) is 7.51. The van der Waals surface area contributed by atoms with E-state index in [9.17, 15) is 19.7 Å². The van der Waals surface area contributed by atoms with Crippen molar-refractivity contribution >= 4 is 34.4 Å². The van der Waals surface area contributed by atoms with Gasteiger partial charge in [0.15, 0.2) is 5.76 Å². The van der Waals surface area contributed by atoms with Crippen molar-refractivity contribution < 1.29 is 24.0 Å². The second-order valence-electron chi connectivity index (χ2n) is 7.08. The molecular weight excluding hydrogens is 412 g/mol. The van der Waals surface area contributed by atoms with Gasteiger partial charge in [-0.1, -0.05) is 18.2 Å². The predicted octanol–water partition coefficient (Wildman–Crippen LogP) is 4.91. The van der Waals surface area contributed by atoms with Gasteiger partial charge in [-0.25, -0.2) is 4.79 Å². The molecule has 0 atom stereocenters. The van der Waals surface area contributed by atoms with Crippen LogP contribution in [-0.4, -0.2) is 21.7 Å². The summed E-state index contributed by atoms with van der Waals surface area (Å²) in [6, 6.07) is 17.3. The molecule has 5 rings (SSSR count). The minimum absolute atomic E-state index is 0.125. The Balaban J connectivity index is 1.37. The maximum atomic E-state index is 12.7. The van der Waals surface area contributed by atoms with Crippen LogP contribution in [0.1, 0.15) is 26.3 Å². The van der Waals surface area contributed by atoms with Gasteiger partial charge in [0, 0.05) is 40.9 Å². The number of ketones is 1. The van der Waals surface area contributed by atoms with Gasteiger partial charge >= 0.3 is 5.97 Å². The maximum Gasteiger partial charge on any atom is 0.343 e. The van der Waals surface area contributed by atoms with Gasteiger partial charge in [0.25, 0.3) is 5.69 Å². The molecule has 0 spiro atoms. The molecule has 0 unspecified atom stereocenters. The van der Waals surface area contributed by atoms with E-state index in [1.54, 1.807) is 12.3 Å². The number of rotatable bonds is 4. The summed E-state index contributed by atoms with van der Waals surface area (Å²) in [6.45, 7) is 0. The van der Waals surface area contributed by atoms with Gasteiger partial charge in [-0.15, -0.1) is 0 Å². The maximum absolute atomic E-state index is 12.7. The van der Waals surface area contributed by atoms with Gasteiger partial charge in [0.05, 0.1) is 16.1 Å². The first-order chi connectivity index (χ1) is 15.5. The van der Waals surface area contributed by atoms with Crippen LogP contribution in [0.15, 0.2) is 78.7 Å². The zero-order valence-corrected chi connectivity index (χ0v) is 16.4. The quantitative estimate of drug-likeness (QED) is 0.163. The number of carbonyl (C=O) groups excluding carboxylic acids is 2. The Morgan fingerprint density at radius 2 is 1.84 bits per heavy atom. The van der Waals surface area contributed by atoms with E-state index in [2.05, 4.69) is 4.98 Å². The van der Waals surface area contributed by atoms with Crippen molar-refractivity contribution in [1.82, 2.24) is 4.98 Å². The van der Waals surface area contributed by atoms with Crippen LogP contribution in [0.4, 0.5) is 5.69 Å². The molecule has 8 heteroatoms. The van der Waals surface area contributed by atoms with E-state index >= 15 is 0 Å².